The summed E-state index contributed by atoms with van der Waals surface area (Å²) in [5.74, 6) is 0.873. The summed E-state index contributed by atoms with van der Waals surface area (Å²) in [4.78, 5) is 4.43. The molecule has 5 nitrogen and oxygen atoms in total. The van der Waals surface area contributed by atoms with Crippen LogP contribution in [-0.4, -0.2) is 31.5 Å². The average molecular weight is 286 g/mol. The van der Waals surface area contributed by atoms with E-state index in [1.54, 1.807) is 17.1 Å². The van der Waals surface area contributed by atoms with Crippen LogP contribution in [-0.2, 0) is 6.54 Å². The molecule has 2 aromatic heterocycles. The van der Waals surface area contributed by atoms with Gasteiger partial charge in [-0.15, -0.1) is 0 Å². The second-order valence-electron chi connectivity index (χ2n) is 6.09. The molecule has 1 aliphatic carbocycles. The number of nitrogens with zero attached hydrogens (tertiary/aromatic N) is 3. The van der Waals surface area contributed by atoms with Crippen molar-refractivity contribution in [2.45, 2.75) is 50.8 Å². The van der Waals surface area contributed by atoms with Crippen LogP contribution in [0, 0.1) is 0 Å². The molecule has 5 heteroatoms. The van der Waals surface area contributed by atoms with E-state index in [4.69, 9.17) is 0 Å². The predicted octanol–water partition coefficient (Wildman–Crippen LogP) is 2.05. The van der Waals surface area contributed by atoms with Crippen LogP contribution in [0.2, 0.25) is 0 Å². The fraction of sp³-hybridized carbons (Fsp3) is 0.500. The second kappa shape index (κ2) is 5.95. The lowest BCUT2D eigenvalue weighted by Gasteiger charge is -2.33. The van der Waals surface area contributed by atoms with Crippen LogP contribution in [0.5, 0.6) is 0 Å². The maximum absolute atomic E-state index is 10.00. The number of pyridine rings is 1. The number of rotatable bonds is 4. The number of hydrogen-bond acceptors (Lipinski definition) is 4. The Kier molecular flexibility index (Phi) is 4.03. The van der Waals surface area contributed by atoms with E-state index in [2.05, 4.69) is 21.5 Å². The van der Waals surface area contributed by atoms with E-state index in [1.807, 2.05) is 25.3 Å². The Morgan fingerprint density at radius 2 is 2.14 bits per heavy atom. The van der Waals surface area contributed by atoms with Gasteiger partial charge in [-0.3, -0.25) is 0 Å². The van der Waals surface area contributed by atoms with E-state index < -0.39 is 5.60 Å². The highest BCUT2D eigenvalue weighted by Crippen LogP contribution is 2.27. The Morgan fingerprint density at radius 3 is 2.86 bits per heavy atom. The molecule has 1 fully saturated rings. The van der Waals surface area contributed by atoms with Crippen LogP contribution < -0.4 is 5.32 Å². The first-order valence-electron chi connectivity index (χ1n) is 7.54. The highest BCUT2D eigenvalue weighted by Gasteiger charge is 2.28. The third-order valence-corrected chi connectivity index (χ3v) is 4.23. The standard InChI is InChI=1S/C16H22N4O/c1-16(21)7-5-14(6-8-16)18-12-13-4-2-9-17-15(13)20-11-3-10-19-20/h2-4,9-11,14,18,21H,5-8,12H2,1H3. The van der Waals surface area contributed by atoms with Crippen LogP contribution in [0.3, 0.4) is 0 Å². The van der Waals surface area contributed by atoms with Gasteiger partial charge >= 0.3 is 0 Å². The Hall–Kier alpha value is -1.72. The van der Waals surface area contributed by atoms with Gasteiger partial charge in [0.25, 0.3) is 0 Å². The van der Waals surface area contributed by atoms with Gasteiger partial charge in [-0.2, -0.15) is 5.10 Å². The van der Waals surface area contributed by atoms with E-state index in [-0.39, 0.29) is 0 Å². The highest BCUT2D eigenvalue weighted by molar-refractivity contribution is 5.32. The Labute approximate surface area is 125 Å². The van der Waals surface area contributed by atoms with Gasteiger partial charge in [0, 0.05) is 36.7 Å². The lowest BCUT2D eigenvalue weighted by Crippen LogP contribution is -2.39. The summed E-state index contributed by atoms with van der Waals surface area (Å²) in [5, 5.41) is 17.8. The zero-order valence-electron chi connectivity index (χ0n) is 12.4. The van der Waals surface area contributed by atoms with Gasteiger partial charge in [0.2, 0.25) is 0 Å². The Balaban J connectivity index is 1.64. The van der Waals surface area contributed by atoms with E-state index in [0.29, 0.717) is 6.04 Å². The minimum atomic E-state index is -0.479. The number of nitrogens with one attached hydrogen (secondary N) is 1. The number of aliphatic hydroxyl groups is 1. The molecule has 0 spiro atoms. The van der Waals surface area contributed by atoms with Gasteiger partial charge in [0.15, 0.2) is 5.82 Å². The zero-order chi connectivity index (χ0) is 14.7. The smallest absolute Gasteiger partial charge is 0.157 e. The van der Waals surface area contributed by atoms with Gasteiger partial charge in [0.05, 0.1) is 5.60 Å². The van der Waals surface area contributed by atoms with E-state index >= 15 is 0 Å². The molecule has 1 aliphatic rings. The van der Waals surface area contributed by atoms with Gasteiger partial charge in [-0.25, -0.2) is 9.67 Å². The Bertz CT molecular complexity index is 570. The summed E-state index contributed by atoms with van der Waals surface area (Å²) in [6, 6.07) is 6.40. The summed E-state index contributed by atoms with van der Waals surface area (Å²) in [6.07, 6.45) is 9.22. The third-order valence-electron chi connectivity index (χ3n) is 4.23. The van der Waals surface area contributed by atoms with Crippen LogP contribution >= 0.6 is 0 Å². The molecule has 0 radical (unpaired) electrons. The summed E-state index contributed by atoms with van der Waals surface area (Å²) in [5.41, 5.74) is 0.658. The molecular formula is C16H22N4O. The zero-order valence-corrected chi connectivity index (χ0v) is 12.4. The minimum Gasteiger partial charge on any atom is -0.390 e. The molecule has 0 saturated heterocycles. The number of aromatic nitrogens is 3. The van der Waals surface area contributed by atoms with Crippen molar-refractivity contribution in [3.05, 3.63) is 42.4 Å². The molecule has 1 saturated carbocycles. The molecule has 2 aromatic rings. The summed E-state index contributed by atoms with van der Waals surface area (Å²) in [6.45, 7) is 2.70. The maximum atomic E-state index is 10.00. The summed E-state index contributed by atoms with van der Waals surface area (Å²) >= 11 is 0. The molecule has 0 aromatic carbocycles. The fourth-order valence-corrected chi connectivity index (χ4v) is 2.87. The fourth-order valence-electron chi connectivity index (χ4n) is 2.87. The quantitative estimate of drug-likeness (QED) is 0.903. The molecule has 0 amide bonds. The molecule has 3 rings (SSSR count). The average Bonchev–Trinajstić information content (AvgIpc) is 3.00. The van der Waals surface area contributed by atoms with Crippen molar-refractivity contribution in [1.29, 1.82) is 0 Å². The van der Waals surface area contributed by atoms with Gasteiger partial charge in [0.1, 0.15) is 0 Å². The van der Waals surface area contributed by atoms with E-state index in [0.717, 1.165) is 43.6 Å². The van der Waals surface area contributed by atoms with Crippen LogP contribution in [0.4, 0.5) is 0 Å². The maximum Gasteiger partial charge on any atom is 0.157 e. The molecule has 2 heterocycles. The molecule has 2 N–H and O–H groups in total. The van der Waals surface area contributed by atoms with Gasteiger partial charge in [-0.1, -0.05) is 6.07 Å². The highest BCUT2D eigenvalue weighted by atomic mass is 16.3. The van der Waals surface area contributed by atoms with E-state index in [1.165, 1.54) is 0 Å². The van der Waals surface area contributed by atoms with Crippen LogP contribution in [0.15, 0.2) is 36.8 Å². The lowest BCUT2D eigenvalue weighted by molar-refractivity contribution is 0.0140. The first kappa shape index (κ1) is 14.2. The predicted molar refractivity (Wildman–Crippen MR) is 81.1 cm³/mol. The Morgan fingerprint density at radius 1 is 1.33 bits per heavy atom. The SMILES string of the molecule is CC1(O)CCC(NCc2cccnc2-n2cccn2)CC1. The van der Waals surface area contributed by atoms with Crippen LogP contribution in [0.1, 0.15) is 38.2 Å². The normalized spacial score (nSPS) is 25.9. The molecule has 112 valence electrons. The monoisotopic (exact) mass is 286 g/mol. The van der Waals surface area contributed by atoms with Crippen molar-refractivity contribution in [1.82, 2.24) is 20.1 Å². The molecule has 21 heavy (non-hydrogen) atoms. The summed E-state index contributed by atoms with van der Waals surface area (Å²) in [7, 11) is 0. The van der Waals surface area contributed by atoms with Crippen molar-refractivity contribution in [3.8, 4) is 5.82 Å². The van der Waals surface area contributed by atoms with Gasteiger partial charge in [-0.05, 0) is 44.7 Å². The van der Waals surface area contributed by atoms with Gasteiger partial charge < -0.3 is 10.4 Å². The third kappa shape index (κ3) is 3.49. The number of hydrogen-bond donors (Lipinski definition) is 2. The first-order chi connectivity index (χ1) is 10.1. The molecule has 0 aliphatic heterocycles. The van der Waals surface area contributed by atoms with Crippen molar-refractivity contribution in [3.63, 3.8) is 0 Å². The lowest BCUT2D eigenvalue weighted by atomic mass is 9.83. The molecular weight excluding hydrogens is 264 g/mol. The van der Waals surface area contributed by atoms with Crippen molar-refractivity contribution >= 4 is 0 Å². The second-order valence-corrected chi connectivity index (χ2v) is 6.09. The van der Waals surface area contributed by atoms with Crippen molar-refractivity contribution in [2.24, 2.45) is 0 Å². The van der Waals surface area contributed by atoms with E-state index in [9.17, 15) is 5.11 Å². The molecule has 0 bridgehead atoms. The molecule has 0 atom stereocenters. The van der Waals surface area contributed by atoms with Crippen LogP contribution in [0.25, 0.3) is 5.82 Å². The molecule has 0 unspecified atom stereocenters. The first-order valence-corrected chi connectivity index (χ1v) is 7.54. The topological polar surface area (TPSA) is 63.0 Å². The minimum absolute atomic E-state index is 0.468. The largest absolute Gasteiger partial charge is 0.390 e. The van der Waals surface area contributed by atoms with Crippen molar-refractivity contribution < 1.29 is 5.11 Å². The summed E-state index contributed by atoms with van der Waals surface area (Å²) < 4.78 is 1.79. The van der Waals surface area contributed by atoms with Crippen molar-refractivity contribution in [2.75, 3.05) is 0 Å².